The van der Waals surface area contributed by atoms with Gasteiger partial charge in [0.15, 0.2) is 0 Å². The summed E-state index contributed by atoms with van der Waals surface area (Å²) < 4.78 is 0. The third kappa shape index (κ3) is 2.96. The maximum absolute atomic E-state index is 3.78. The van der Waals surface area contributed by atoms with Gasteiger partial charge in [0.25, 0.3) is 0 Å². The summed E-state index contributed by atoms with van der Waals surface area (Å²) in [7, 11) is 0. The fraction of sp³-hybridized carbons (Fsp3) is 0. The minimum Gasteiger partial charge on any atom is -0.0991 e. The molecule has 0 aliphatic carbocycles. The highest BCUT2D eigenvalue weighted by molar-refractivity contribution is 5.90. The summed E-state index contributed by atoms with van der Waals surface area (Å²) in [6.07, 6.45) is 5.17. The van der Waals surface area contributed by atoms with Gasteiger partial charge in [-0.25, -0.2) is 0 Å². The van der Waals surface area contributed by atoms with Gasteiger partial charge in [-0.3, -0.25) is 0 Å². The molecule has 16 heavy (non-hydrogen) atoms. The Hall–Kier alpha value is -2.08. The lowest BCUT2D eigenvalue weighted by atomic mass is 10.1. The van der Waals surface area contributed by atoms with Gasteiger partial charge in [-0.2, -0.15) is 0 Å². The van der Waals surface area contributed by atoms with Crippen LogP contribution in [-0.4, -0.2) is 0 Å². The average Bonchev–Trinajstić information content (AvgIpc) is 2.38. The third-order valence-corrected chi connectivity index (χ3v) is 2.21. The molecule has 2 aromatic rings. The van der Waals surface area contributed by atoms with Crippen LogP contribution in [0, 0.1) is 0 Å². The molecule has 2 rings (SSSR count). The van der Waals surface area contributed by atoms with Crippen molar-refractivity contribution >= 4 is 16.8 Å². The van der Waals surface area contributed by atoms with Gasteiger partial charge in [-0.1, -0.05) is 80.4 Å². The van der Waals surface area contributed by atoms with Crippen molar-refractivity contribution in [3.63, 3.8) is 0 Å². The highest BCUT2D eigenvalue weighted by atomic mass is 14.0. The van der Waals surface area contributed by atoms with Crippen LogP contribution in [0.5, 0.6) is 0 Å². The Morgan fingerprint density at radius 2 is 1.38 bits per heavy atom. The van der Waals surface area contributed by atoms with Crippen molar-refractivity contribution < 1.29 is 0 Å². The first-order valence-corrected chi connectivity index (χ1v) is 5.17. The van der Waals surface area contributed by atoms with Crippen molar-refractivity contribution in [2.75, 3.05) is 0 Å². The van der Waals surface area contributed by atoms with Gasteiger partial charge in [-0.05, 0) is 16.3 Å². The molecule has 0 fully saturated rings. The molecule has 0 saturated carbocycles. The quantitative estimate of drug-likeness (QED) is 0.619. The Kier molecular flexibility index (Phi) is 4.81. The smallest absolute Gasteiger partial charge is 0.0112 e. The first kappa shape index (κ1) is 12.0. The van der Waals surface area contributed by atoms with Gasteiger partial charge in [0, 0.05) is 0 Å². The molecule has 0 heterocycles. The number of fused-ring (bicyclic) bond motifs is 1. The lowest BCUT2D eigenvalue weighted by molar-refractivity contribution is 1.72. The summed E-state index contributed by atoms with van der Waals surface area (Å²) in [4.78, 5) is 0. The van der Waals surface area contributed by atoms with E-state index in [0.717, 1.165) is 0 Å². The minimum absolute atomic E-state index is 1.20. The molecule has 0 nitrogen and oxygen atoms in total. The molecule has 0 spiro atoms. The molecule has 80 valence electrons. The molecule has 2 aromatic carbocycles. The summed E-state index contributed by atoms with van der Waals surface area (Å²) in [6.45, 7) is 10.5. The van der Waals surface area contributed by atoms with Crippen LogP contribution in [0.15, 0.2) is 74.4 Å². The number of allylic oxidation sites excluding steroid dienone is 2. The van der Waals surface area contributed by atoms with E-state index >= 15 is 0 Å². The molecular formula is C16H16. The molecule has 0 heteroatoms. The largest absolute Gasteiger partial charge is 0.0991 e. The molecule has 0 N–H and O–H groups in total. The maximum Gasteiger partial charge on any atom is -0.0112 e. The number of rotatable bonds is 2. The van der Waals surface area contributed by atoms with Crippen LogP contribution in [0.3, 0.4) is 0 Å². The highest BCUT2D eigenvalue weighted by Gasteiger charge is 1.93. The molecule has 0 aromatic heterocycles. The summed E-state index contributed by atoms with van der Waals surface area (Å²) in [5.74, 6) is 0. The zero-order valence-electron chi connectivity index (χ0n) is 9.39. The Labute approximate surface area is 97.2 Å². The van der Waals surface area contributed by atoms with E-state index in [1.54, 1.807) is 12.2 Å². The topological polar surface area (TPSA) is 0 Å². The van der Waals surface area contributed by atoms with E-state index in [1.807, 2.05) is 6.08 Å². The van der Waals surface area contributed by atoms with Crippen LogP contribution >= 0.6 is 0 Å². The van der Waals surface area contributed by atoms with Gasteiger partial charge in [0.05, 0.1) is 0 Å². The molecule has 0 saturated heterocycles. The SMILES string of the molecule is C=CC=C.C=Cc1cccc2ccccc12. The van der Waals surface area contributed by atoms with Gasteiger partial charge >= 0.3 is 0 Å². The molecule has 0 aliphatic heterocycles. The molecule has 0 radical (unpaired) electrons. The third-order valence-electron chi connectivity index (χ3n) is 2.21. The second kappa shape index (κ2) is 6.41. The van der Waals surface area contributed by atoms with Crippen LogP contribution < -0.4 is 0 Å². The maximum atomic E-state index is 3.78. The second-order valence-corrected chi connectivity index (χ2v) is 3.24. The molecule has 0 bridgehead atoms. The summed E-state index contributed by atoms with van der Waals surface area (Å²) in [5, 5.41) is 2.55. The van der Waals surface area contributed by atoms with E-state index in [9.17, 15) is 0 Å². The first-order valence-electron chi connectivity index (χ1n) is 5.17. The van der Waals surface area contributed by atoms with E-state index in [1.165, 1.54) is 16.3 Å². The predicted molar refractivity (Wildman–Crippen MR) is 74.4 cm³/mol. The Bertz CT molecular complexity index is 481. The average molecular weight is 208 g/mol. The predicted octanol–water partition coefficient (Wildman–Crippen LogP) is 4.84. The van der Waals surface area contributed by atoms with E-state index in [0.29, 0.717) is 0 Å². The number of hydrogen-bond acceptors (Lipinski definition) is 0. The lowest BCUT2D eigenvalue weighted by Crippen LogP contribution is -1.75. The number of hydrogen-bond donors (Lipinski definition) is 0. The Morgan fingerprint density at radius 1 is 0.750 bits per heavy atom. The van der Waals surface area contributed by atoms with Crippen LogP contribution in [0.25, 0.3) is 16.8 Å². The zero-order valence-corrected chi connectivity index (χ0v) is 9.39. The van der Waals surface area contributed by atoms with Gasteiger partial charge in [-0.15, -0.1) is 0 Å². The van der Waals surface area contributed by atoms with Gasteiger partial charge in [0.1, 0.15) is 0 Å². The van der Waals surface area contributed by atoms with Crippen LogP contribution in [0.1, 0.15) is 5.56 Å². The van der Waals surface area contributed by atoms with Crippen LogP contribution in [-0.2, 0) is 0 Å². The second-order valence-electron chi connectivity index (χ2n) is 3.24. The summed E-state index contributed by atoms with van der Waals surface area (Å²) in [6, 6.07) is 14.6. The van der Waals surface area contributed by atoms with E-state index in [-0.39, 0.29) is 0 Å². The van der Waals surface area contributed by atoms with Crippen LogP contribution in [0.4, 0.5) is 0 Å². The first-order chi connectivity index (χ1) is 7.83. The van der Waals surface area contributed by atoms with Gasteiger partial charge in [0.2, 0.25) is 0 Å². The zero-order chi connectivity index (χ0) is 11.8. The molecule has 0 atom stereocenters. The molecule has 0 unspecified atom stereocenters. The van der Waals surface area contributed by atoms with Crippen molar-refractivity contribution in [1.29, 1.82) is 0 Å². The molecular weight excluding hydrogens is 192 g/mol. The fourth-order valence-electron chi connectivity index (χ4n) is 1.43. The lowest BCUT2D eigenvalue weighted by Gasteiger charge is -1.99. The standard InChI is InChI=1S/C12H10.C4H6/c1-2-10-7-5-8-11-6-3-4-9-12(10)11;1-3-4-2/h2-9H,1H2;3-4H,1-2H2. The summed E-state index contributed by atoms with van der Waals surface area (Å²) in [5.41, 5.74) is 1.20. The van der Waals surface area contributed by atoms with Crippen molar-refractivity contribution in [1.82, 2.24) is 0 Å². The fourth-order valence-corrected chi connectivity index (χ4v) is 1.43. The molecule has 0 amide bonds. The van der Waals surface area contributed by atoms with Crippen LogP contribution in [0.2, 0.25) is 0 Å². The summed E-state index contributed by atoms with van der Waals surface area (Å²) >= 11 is 0. The number of benzene rings is 2. The Morgan fingerprint density at radius 3 is 2.00 bits per heavy atom. The Balaban J connectivity index is 0.000000280. The highest BCUT2D eigenvalue weighted by Crippen LogP contribution is 2.18. The van der Waals surface area contributed by atoms with Crippen molar-refractivity contribution in [2.45, 2.75) is 0 Å². The monoisotopic (exact) mass is 208 g/mol. The van der Waals surface area contributed by atoms with E-state index in [2.05, 4.69) is 62.2 Å². The van der Waals surface area contributed by atoms with Crippen molar-refractivity contribution in [3.05, 3.63) is 79.9 Å². The normalized spacial score (nSPS) is 8.75. The van der Waals surface area contributed by atoms with Crippen molar-refractivity contribution in [2.24, 2.45) is 0 Å². The minimum atomic E-state index is 1.20. The van der Waals surface area contributed by atoms with Crippen molar-refractivity contribution in [3.8, 4) is 0 Å². The van der Waals surface area contributed by atoms with E-state index < -0.39 is 0 Å². The van der Waals surface area contributed by atoms with Gasteiger partial charge < -0.3 is 0 Å². The van der Waals surface area contributed by atoms with E-state index in [4.69, 9.17) is 0 Å². The molecule has 0 aliphatic rings.